The Morgan fingerprint density at radius 2 is 2.33 bits per heavy atom. The minimum absolute atomic E-state index is 0.237. The first kappa shape index (κ1) is 9.71. The summed E-state index contributed by atoms with van der Waals surface area (Å²) in [6, 6.07) is 6.38. The van der Waals surface area contributed by atoms with Gasteiger partial charge < -0.3 is 10.3 Å². The van der Waals surface area contributed by atoms with Crippen LogP contribution in [0.5, 0.6) is 0 Å². The van der Waals surface area contributed by atoms with Gasteiger partial charge in [-0.3, -0.25) is 0 Å². The van der Waals surface area contributed by atoms with E-state index in [1.807, 2.05) is 13.0 Å². The highest BCUT2D eigenvalue weighted by Crippen LogP contribution is 2.11. The number of nitrogens with one attached hydrogen (secondary N) is 2. The highest BCUT2D eigenvalue weighted by atomic mass is 19.1. The van der Waals surface area contributed by atoms with Gasteiger partial charge in [0, 0.05) is 11.4 Å². The topological polar surface area (TPSA) is 40.7 Å². The van der Waals surface area contributed by atoms with E-state index < -0.39 is 0 Å². The van der Waals surface area contributed by atoms with Crippen LogP contribution in [-0.4, -0.2) is 9.97 Å². The fraction of sp³-hybridized carbons (Fsp3) is 0.182. The van der Waals surface area contributed by atoms with Crippen LogP contribution in [0.1, 0.15) is 11.4 Å². The number of halogens is 1. The maximum atomic E-state index is 12.9. The summed E-state index contributed by atoms with van der Waals surface area (Å²) in [7, 11) is 0. The lowest BCUT2D eigenvalue weighted by Gasteiger charge is -2.04. The molecule has 4 heteroatoms. The van der Waals surface area contributed by atoms with Crippen LogP contribution in [0, 0.1) is 12.7 Å². The third-order valence-electron chi connectivity index (χ3n) is 2.22. The molecule has 2 N–H and O–H groups in total. The van der Waals surface area contributed by atoms with E-state index in [9.17, 15) is 4.39 Å². The number of rotatable bonds is 3. The van der Waals surface area contributed by atoms with Crippen LogP contribution < -0.4 is 5.32 Å². The maximum Gasteiger partial charge on any atom is 0.125 e. The Hall–Kier alpha value is -1.84. The molecular formula is C11H12FN3. The number of aryl methyl sites for hydroxylation is 1. The van der Waals surface area contributed by atoms with Crippen LogP contribution in [0.25, 0.3) is 0 Å². The summed E-state index contributed by atoms with van der Waals surface area (Å²) >= 11 is 0. The minimum Gasteiger partial charge on any atom is -0.379 e. The van der Waals surface area contributed by atoms with Gasteiger partial charge in [-0.1, -0.05) is 6.07 Å². The number of H-pyrrole nitrogens is 1. The van der Waals surface area contributed by atoms with Crippen LogP contribution in [-0.2, 0) is 6.54 Å². The largest absolute Gasteiger partial charge is 0.379 e. The van der Waals surface area contributed by atoms with Crippen molar-refractivity contribution in [2.45, 2.75) is 13.5 Å². The van der Waals surface area contributed by atoms with Crippen molar-refractivity contribution in [2.24, 2.45) is 0 Å². The van der Waals surface area contributed by atoms with Gasteiger partial charge in [-0.15, -0.1) is 0 Å². The molecule has 0 saturated heterocycles. The fourth-order valence-electron chi connectivity index (χ4n) is 1.35. The molecule has 3 nitrogen and oxygen atoms in total. The SMILES string of the molecule is Cc1[nH]cnc1CNc1cccc(F)c1. The van der Waals surface area contributed by atoms with Gasteiger partial charge >= 0.3 is 0 Å². The lowest BCUT2D eigenvalue weighted by atomic mass is 10.3. The molecule has 0 aliphatic rings. The summed E-state index contributed by atoms with van der Waals surface area (Å²) in [5.41, 5.74) is 2.73. The summed E-state index contributed by atoms with van der Waals surface area (Å²) in [5, 5.41) is 3.11. The zero-order chi connectivity index (χ0) is 10.7. The summed E-state index contributed by atoms with van der Waals surface area (Å²) in [5.74, 6) is -0.237. The molecule has 0 unspecified atom stereocenters. The van der Waals surface area contributed by atoms with E-state index in [4.69, 9.17) is 0 Å². The Morgan fingerprint density at radius 1 is 1.47 bits per heavy atom. The van der Waals surface area contributed by atoms with Crippen molar-refractivity contribution in [1.82, 2.24) is 9.97 Å². The lowest BCUT2D eigenvalue weighted by Crippen LogP contribution is -2.01. The van der Waals surface area contributed by atoms with Gasteiger partial charge in [-0.05, 0) is 25.1 Å². The van der Waals surface area contributed by atoms with Crippen molar-refractivity contribution in [1.29, 1.82) is 0 Å². The number of aromatic nitrogens is 2. The molecule has 0 amide bonds. The van der Waals surface area contributed by atoms with Crippen LogP contribution in [0.3, 0.4) is 0 Å². The van der Waals surface area contributed by atoms with E-state index in [0.29, 0.717) is 6.54 Å². The maximum absolute atomic E-state index is 12.9. The number of hydrogen-bond acceptors (Lipinski definition) is 2. The molecule has 0 atom stereocenters. The summed E-state index contributed by atoms with van der Waals surface area (Å²) < 4.78 is 12.9. The lowest BCUT2D eigenvalue weighted by molar-refractivity contribution is 0.628. The molecule has 1 heterocycles. The van der Waals surface area contributed by atoms with Gasteiger partial charge in [0.15, 0.2) is 0 Å². The monoisotopic (exact) mass is 205 g/mol. The molecule has 78 valence electrons. The number of hydrogen-bond donors (Lipinski definition) is 2. The summed E-state index contributed by atoms with van der Waals surface area (Å²) in [4.78, 5) is 7.13. The number of aromatic amines is 1. The normalized spacial score (nSPS) is 10.3. The molecule has 0 spiro atoms. The number of anilines is 1. The van der Waals surface area contributed by atoms with Crippen LogP contribution >= 0.6 is 0 Å². The standard InChI is InChI=1S/C11H12FN3/c1-8-11(15-7-14-8)6-13-10-4-2-3-9(12)5-10/h2-5,7,13H,6H2,1H3,(H,14,15). The molecule has 0 fully saturated rings. The van der Waals surface area contributed by atoms with E-state index >= 15 is 0 Å². The van der Waals surface area contributed by atoms with Gasteiger partial charge in [-0.2, -0.15) is 0 Å². The third-order valence-corrected chi connectivity index (χ3v) is 2.22. The predicted octanol–water partition coefficient (Wildman–Crippen LogP) is 2.47. The highest BCUT2D eigenvalue weighted by Gasteiger charge is 2.00. The molecule has 1 aromatic carbocycles. The van der Waals surface area contributed by atoms with E-state index in [1.165, 1.54) is 12.1 Å². The molecule has 0 saturated carbocycles. The highest BCUT2D eigenvalue weighted by molar-refractivity contribution is 5.43. The van der Waals surface area contributed by atoms with E-state index in [-0.39, 0.29) is 5.82 Å². The molecule has 0 radical (unpaired) electrons. The average molecular weight is 205 g/mol. The second-order valence-corrected chi connectivity index (χ2v) is 3.34. The molecule has 0 bridgehead atoms. The van der Waals surface area contributed by atoms with Crippen LogP contribution in [0.2, 0.25) is 0 Å². The van der Waals surface area contributed by atoms with Crippen molar-refractivity contribution in [3.8, 4) is 0 Å². The molecule has 0 aliphatic carbocycles. The Morgan fingerprint density at radius 3 is 3.00 bits per heavy atom. The van der Waals surface area contributed by atoms with E-state index in [2.05, 4.69) is 15.3 Å². The third kappa shape index (κ3) is 2.34. The van der Waals surface area contributed by atoms with Crippen molar-refractivity contribution < 1.29 is 4.39 Å². The van der Waals surface area contributed by atoms with Gasteiger partial charge in [-0.25, -0.2) is 9.37 Å². The number of benzene rings is 1. The summed E-state index contributed by atoms with van der Waals surface area (Å²) in [6.07, 6.45) is 1.65. The Kier molecular flexibility index (Phi) is 2.67. The van der Waals surface area contributed by atoms with E-state index in [0.717, 1.165) is 17.1 Å². The second kappa shape index (κ2) is 4.13. The molecule has 2 aromatic rings. The molecule has 15 heavy (non-hydrogen) atoms. The molecule has 2 rings (SSSR count). The van der Waals surface area contributed by atoms with Gasteiger partial charge in [0.25, 0.3) is 0 Å². The van der Waals surface area contributed by atoms with Crippen LogP contribution in [0.4, 0.5) is 10.1 Å². The van der Waals surface area contributed by atoms with Gasteiger partial charge in [0.05, 0.1) is 18.6 Å². The van der Waals surface area contributed by atoms with Crippen molar-refractivity contribution in [3.63, 3.8) is 0 Å². The number of nitrogens with zero attached hydrogens (tertiary/aromatic N) is 1. The Labute approximate surface area is 87.4 Å². The van der Waals surface area contributed by atoms with Crippen molar-refractivity contribution in [3.05, 3.63) is 47.8 Å². The zero-order valence-electron chi connectivity index (χ0n) is 8.42. The summed E-state index contributed by atoms with van der Waals surface area (Å²) in [6.45, 7) is 2.55. The smallest absolute Gasteiger partial charge is 0.125 e. The fourth-order valence-corrected chi connectivity index (χ4v) is 1.35. The van der Waals surface area contributed by atoms with Gasteiger partial charge in [0.1, 0.15) is 5.82 Å². The van der Waals surface area contributed by atoms with E-state index in [1.54, 1.807) is 12.4 Å². The minimum atomic E-state index is -0.237. The molecular weight excluding hydrogens is 193 g/mol. The van der Waals surface area contributed by atoms with Crippen molar-refractivity contribution in [2.75, 3.05) is 5.32 Å². The zero-order valence-corrected chi connectivity index (χ0v) is 8.42. The first-order valence-electron chi connectivity index (χ1n) is 4.74. The predicted molar refractivity (Wildman–Crippen MR) is 57.1 cm³/mol. The first-order chi connectivity index (χ1) is 7.25. The quantitative estimate of drug-likeness (QED) is 0.808. The first-order valence-corrected chi connectivity index (χ1v) is 4.74. The Bertz CT molecular complexity index is 451. The molecule has 1 aromatic heterocycles. The molecule has 0 aliphatic heterocycles. The van der Waals surface area contributed by atoms with Crippen molar-refractivity contribution >= 4 is 5.69 Å². The average Bonchev–Trinajstić information content (AvgIpc) is 2.61. The van der Waals surface area contributed by atoms with Crippen LogP contribution in [0.15, 0.2) is 30.6 Å². The number of imidazole rings is 1. The Balaban J connectivity index is 2.02. The van der Waals surface area contributed by atoms with Gasteiger partial charge in [0.2, 0.25) is 0 Å². The second-order valence-electron chi connectivity index (χ2n) is 3.34.